The Balaban J connectivity index is 1.78. The number of ether oxygens (including phenoxy) is 2. The first-order valence-corrected chi connectivity index (χ1v) is 8.19. The zero-order valence-corrected chi connectivity index (χ0v) is 13.9. The van der Waals surface area contributed by atoms with E-state index < -0.39 is 5.97 Å². The van der Waals surface area contributed by atoms with Gasteiger partial charge in [-0.3, -0.25) is 0 Å². The lowest BCUT2D eigenvalue weighted by atomic mass is 9.89. The maximum absolute atomic E-state index is 11.1. The number of aromatic carboxylic acids is 1. The van der Waals surface area contributed by atoms with E-state index in [9.17, 15) is 4.79 Å². The monoisotopic (exact) mass is 341 g/mol. The number of carboxylic acids is 1. The highest BCUT2D eigenvalue weighted by molar-refractivity contribution is 5.87. The Labute approximate surface area is 145 Å². The predicted octanol–water partition coefficient (Wildman–Crippen LogP) is 3.24. The van der Waals surface area contributed by atoms with Crippen molar-refractivity contribution in [1.82, 2.24) is 15.4 Å². The lowest BCUT2D eigenvalue weighted by Gasteiger charge is -2.15. The van der Waals surface area contributed by atoms with Crippen LogP contribution in [-0.4, -0.2) is 33.6 Å². The molecule has 0 saturated heterocycles. The van der Waals surface area contributed by atoms with Gasteiger partial charge in [0.25, 0.3) is 5.88 Å². The van der Waals surface area contributed by atoms with Crippen molar-refractivity contribution in [3.8, 4) is 29.2 Å². The number of aromatic nitrogens is 3. The van der Waals surface area contributed by atoms with Crippen LogP contribution in [-0.2, 0) is 0 Å². The minimum absolute atomic E-state index is 0.101. The third-order valence-electron chi connectivity index (χ3n) is 4.13. The van der Waals surface area contributed by atoms with Gasteiger partial charge in [0.15, 0.2) is 0 Å². The standard InChI is InChI=1S/C18H19N3O4/c1-24-15-11-14(25-17-16(18(22)23)19-21-20-17)10-9-13(15)8-7-12-5-3-2-4-6-12/h9-12H,2-6H2,1H3,(H,22,23)(H,19,20,21). The number of carboxylic acid groups (broad SMARTS) is 1. The number of rotatable bonds is 4. The maximum atomic E-state index is 11.1. The number of nitrogens with one attached hydrogen (secondary N) is 1. The average Bonchev–Trinajstić information content (AvgIpc) is 3.10. The lowest BCUT2D eigenvalue weighted by molar-refractivity contribution is 0.0687. The smallest absolute Gasteiger partial charge is 0.359 e. The molecule has 25 heavy (non-hydrogen) atoms. The fourth-order valence-corrected chi connectivity index (χ4v) is 2.81. The molecule has 2 N–H and O–H groups in total. The van der Waals surface area contributed by atoms with Crippen LogP contribution in [0, 0.1) is 17.8 Å². The molecule has 130 valence electrons. The van der Waals surface area contributed by atoms with E-state index in [1.165, 1.54) is 19.3 Å². The molecule has 1 aromatic carbocycles. The Morgan fingerprint density at radius 1 is 1.32 bits per heavy atom. The van der Waals surface area contributed by atoms with Crippen LogP contribution in [0.25, 0.3) is 0 Å². The maximum Gasteiger partial charge on any atom is 0.359 e. The quantitative estimate of drug-likeness (QED) is 0.829. The molecule has 1 aliphatic carbocycles. The van der Waals surface area contributed by atoms with Crippen molar-refractivity contribution in [3.05, 3.63) is 29.5 Å². The van der Waals surface area contributed by atoms with E-state index in [1.807, 2.05) is 0 Å². The summed E-state index contributed by atoms with van der Waals surface area (Å²) in [6.45, 7) is 0. The summed E-state index contributed by atoms with van der Waals surface area (Å²) >= 11 is 0. The third-order valence-corrected chi connectivity index (χ3v) is 4.13. The Morgan fingerprint density at radius 3 is 2.84 bits per heavy atom. The van der Waals surface area contributed by atoms with Gasteiger partial charge < -0.3 is 14.6 Å². The van der Waals surface area contributed by atoms with Gasteiger partial charge in [0, 0.05) is 12.0 Å². The Hall–Kier alpha value is -3.01. The van der Waals surface area contributed by atoms with Crippen LogP contribution in [0.2, 0.25) is 0 Å². The summed E-state index contributed by atoms with van der Waals surface area (Å²) in [6, 6.07) is 5.16. The average molecular weight is 341 g/mol. The Kier molecular flexibility index (Phi) is 5.19. The van der Waals surface area contributed by atoms with Crippen LogP contribution in [0.4, 0.5) is 0 Å². The summed E-state index contributed by atoms with van der Waals surface area (Å²) in [5, 5.41) is 18.4. The van der Waals surface area contributed by atoms with Crippen molar-refractivity contribution in [1.29, 1.82) is 0 Å². The van der Waals surface area contributed by atoms with Gasteiger partial charge in [-0.1, -0.05) is 41.4 Å². The molecule has 1 aromatic heterocycles. The molecule has 0 aliphatic heterocycles. The van der Waals surface area contributed by atoms with Crippen LogP contribution in [0.3, 0.4) is 0 Å². The molecule has 0 atom stereocenters. The largest absolute Gasteiger partial charge is 0.495 e. The molecule has 1 fully saturated rings. The molecule has 1 aliphatic rings. The van der Waals surface area contributed by atoms with E-state index in [-0.39, 0.29) is 11.6 Å². The van der Waals surface area contributed by atoms with Gasteiger partial charge >= 0.3 is 5.97 Å². The SMILES string of the molecule is COc1cc(Oc2nn[nH]c2C(=O)O)ccc1C#CC1CCCCC1. The highest BCUT2D eigenvalue weighted by atomic mass is 16.5. The summed E-state index contributed by atoms with van der Waals surface area (Å²) in [4.78, 5) is 11.1. The third kappa shape index (κ3) is 4.10. The number of hydrogen-bond acceptors (Lipinski definition) is 5. The first-order valence-electron chi connectivity index (χ1n) is 8.19. The fraction of sp³-hybridized carbons (Fsp3) is 0.389. The molecule has 2 aromatic rings. The lowest BCUT2D eigenvalue weighted by Crippen LogP contribution is -2.03. The summed E-state index contributed by atoms with van der Waals surface area (Å²) in [5.41, 5.74) is 0.569. The molecule has 1 saturated carbocycles. The van der Waals surface area contributed by atoms with Crippen LogP contribution in [0.5, 0.6) is 17.4 Å². The van der Waals surface area contributed by atoms with Crippen molar-refractivity contribution in [2.75, 3.05) is 7.11 Å². The molecule has 7 nitrogen and oxygen atoms in total. The van der Waals surface area contributed by atoms with Crippen molar-refractivity contribution < 1.29 is 19.4 Å². The molecule has 3 rings (SSSR count). The minimum Gasteiger partial charge on any atom is -0.495 e. The predicted molar refractivity (Wildman–Crippen MR) is 89.9 cm³/mol. The van der Waals surface area contributed by atoms with Gasteiger partial charge in [-0.2, -0.15) is 0 Å². The van der Waals surface area contributed by atoms with Crippen molar-refractivity contribution in [2.45, 2.75) is 32.1 Å². The van der Waals surface area contributed by atoms with Crippen molar-refractivity contribution in [3.63, 3.8) is 0 Å². The van der Waals surface area contributed by atoms with Crippen LogP contribution in [0.1, 0.15) is 48.2 Å². The second kappa shape index (κ2) is 7.71. The molecule has 0 unspecified atom stereocenters. The normalized spacial score (nSPS) is 14.4. The van der Waals surface area contributed by atoms with E-state index in [4.69, 9.17) is 14.6 Å². The molecular weight excluding hydrogens is 322 g/mol. The van der Waals surface area contributed by atoms with Gasteiger partial charge in [0.2, 0.25) is 5.69 Å². The van der Waals surface area contributed by atoms with Crippen molar-refractivity contribution >= 4 is 5.97 Å². The fourth-order valence-electron chi connectivity index (χ4n) is 2.81. The molecule has 0 spiro atoms. The zero-order chi connectivity index (χ0) is 17.6. The highest BCUT2D eigenvalue weighted by Crippen LogP contribution is 2.29. The molecule has 0 radical (unpaired) electrons. The molecule has 0 amide bonds. The number of nitrogens with zero attached hydrogens (tertiary/aromatic N) is 2. The molecule has 0 bridgehead atoms. The van der Waals surface area contributed by atoms with E-state index in [2.05, 4.69) is 27.3 Å². The van der Waals surface area contributed by atoms with E-state index in [0.717, 1.165) is 18.4 Å². The van der Waals surface area contributed by atoms with E-state index >= 15 is 0 Å². The van der Waals surface area contributed by atoms with Gasteiger partial charge in [-0.15, -0.1) is 0 Å². The van der Waals surface area contributed by atoms with Crippen LogP contribution in [0.15, 0.2) is 18.2 Å². The summed E-state index contributed by atoms with van der Waals surface area (Å²) < 4.78 is 10.9. The Morgan fingerprint density at radius 2 is 2.12 bits per heavy atom. The second-order valence-corrected chi connectivity index (χ2v) is 5.87. The highest BCUT2D eigenvalue weighted by Gasteiger charge is 2.17. The van der Waals surface area contributed by atoms with Crippen LogP contribution >= 0.6 is 0 Å². The van der Waals surface area contributed by atoms with Crippen LogP contribution < -0.4 is 9.47 Å². The van der Waals surface area contributed by atoms with Gasteiger partial charge in [-0.25, -0.2) is 9.89 Å². The van der Waals surface area contributed by atoms with Crippen molar-refractivity contribution in [2.24, 2.45) is 5.92 Å². The first kappa shape index (κ1) is 16.8. The Bertz CT molecular complexity index is 813. The number of carbonyl (C=O) groups is 1. The topological polar surface area (TPSA) is 97.3 Å². The van der Waals surface area contributed by atoms with Gasteiger partial charge in [0.1, 0.15) is 11.5 Å². The summed E-state index contributed by atoms with van der Waals surface area (Å²) in [7, 11) is 1.56. The zero-order valence-electron chi connectivity index (χ0n) is 13.9. The number of H-pyrrole nitrogens is 1. The number of aromatic amines is 1. The minimum atomic E-state index is -1.19. The number of hydrogen-bond donors (Lipinski definition) is 2. The summed E-state index contributed by atoms with van der Waals surface area (Å²) in [5.74, 6) is 6.64. The second-order valence-electron chi connectivity index (χ2n) is 5.87. The first-order chi connectivity index (χ1) is 12.2. The van der Waals surface area contributed by atoms with E-state index in [1.54, 1.807) is 25.3 Å². The molecular formula is C18H19N3O4. The summed E-state index contributed by atoms with van der Waals surface area (Å²) in [6.07, 6.45) is 6.09. The van der Waals surface area contributed by atoms with Gasteiger partial charge in [0.05, 0.1) is 12.7 Å². The number of methoxy groups -OCH3 is 1. The van der Waals surface area contributed by atoms with Gasteiger partial charge in [-0.05, 0) is 25.0 Å². The molecule has 1 heterocycles. The molecule has 7 heteroatoms. The number of benzene rings is 1. The van der Waals surface area contributed by atoms with E-state index in [0.29, 0.717) is 17.4 Å².